The molecule has 0 unspecified atom stereocenters. The van der Waals surface area contributed by atoms with Crippen LogP contribution in [-0.4, -0.2) is 14.7 Å². The number of hydrogen-bond donors (Lipinski definition) is 2. The first-order valence-corrected chi connectivity index (χ1v) is 8.67. The molecule has 0 fully saturated rings. The highest BCUT2D eigenvalue weighted by molar-refractivity contribution is 9.10. The topological polar surface area (TPSA) is 58.2 Å². The third-order valence-electron chi connectivity index (χ3n) is 2.63. The maximum atomic E-state index is 11.1. The minimum Gasteiger partial charge on any atom is -0.381 e. The van der Waals surface area contributed by atoms with E-state index in [-0.39, 0.29) is 0 Å². The maximum absolute atomic E-state index is 11.1. The van der Waals surface area contributed by atoms with Crippen molar-refractivity contribution in [1.82, 2.24) is 0 Å². The van der Waals surface area contributed by atoms with Crippen LogP contribution in [0, 0.1) is 0 Å². The molecule has 2 rings (SSSR count). The lowest BCUT2D eigenvalue weighted by Crippen LogP contribution is -2.09. The van der Waals surface area contributed by atoms with Gasteiger partial charge in [-0.15, -0.1) is 0 Å². The van der Waals surface area contributed by atoms with Crippen molar-refractivity contribution in [1.29, 1.82) is 0 Å². The zero-order valence-electron chi connectivity index (χ0n) is 10.9. The molecular formula is C14H15BrN2O2S. The van der Waals surface area contributed by atoms with E-state index in [1.54, 1.807) is 12.1 Å². The second kappa shape index (κ2) is 6.28. The predicted octanol–water partition coefficient (Wildman–Crippen LogP) is 3.43. The van der Waals surface area contributed by atoms with E-state index < -0.39 is 10.0 Å². The highest BCUT2D eigenvalue weighted by atomic mass is 79.9. The lowest BCUT2D eigenvalue weighted by molar-refractivity contribution is 0.607. The molecule has 0 aliphatic rings. The summed E-state index contributed by atoms with van der Waals surface area (Å²) in [7, 11) is -3.23. The highest BCUT2D eigenvalue weighted by Gasteiger charge is 2.02. The van der Waals surface area contributed by atoms with E-state index >= 15 is 0 Å². The van der Waals surface area contributed by atoms with Crippen LogP contribution in [0.4, 0.5) is 11.4 Å². The quantitative estimate of drug-likeness (QED) is 0.864. The van der Waals surface area contributed by atoms with E-state index in [9.17, 15) is 8.42 Å². The average Bonchev–Trinajstić information content (AvgIpc) is 2.38. The van der Waals surface area contributed by atoms with Crippen LogP contribution in [0.3, 0.4) is 0 Å². The van der Waals surface area contributed by atoms with E-state index in [0.29, 0.717) is 12.2 Å². The number of anilines is 2. The van der Waals surface area contributed by atoms with Gasteiger partial charge in [-0.05, 0) is 35.9 Å². The first-order valence-electron chi connectivity index (χ1n) is 5.99. The van der Waals surface area contributed by atoms with Gasteiger partial charge in [-0.2, -0.15) is 0 Å². The summed E-state index contributed by atoms with van der Waals surface area (Å²) in [4.78, 5) is 0. The lowest BCUT2D eigenvalue weighted by Gasteiger charge is -2.09. The zero-order chi connectivity index (χ0) is 14.6. The minimum atomic E-state index is -3.23. The molecule has 20 heavy (non-hydrogen) atoms. The fraction of sp³-hybridized carbons (Fsp3) is 0.143. The molecule has 2 aromatic rings. The second-order valence-electron chi connectivity index (χ2n) is 4.40. The second-order valence-corrected chi connectivity index (χ2v) is 7.00. The van der Waals surface area contributed by atoms with E-state index in [1.807, 2.05) is 36.4 Å². The van der Waals surface area contributed by atoms with Gasteiger partial charge in [-0.25, -0.2) is 8.42 Å². The van der Waals surface area contributed by atoms with Gasteiger partial charge in [0, 0.05) is 22.4 Å². The minimum absolute atomic E-state index is 0.555. The number of hydrogen-bond acceptors (Lipinski definition) is 3. The maximum Gasteiger partial charge on any atom is 0.229 e. The molecule has 0 bridgehead atoms. The van der Waals surface area contributed by atoms with Crippen LogP contribution < -0.4 is 10.0 Å². The molecule has 106 valence electrons. The summed E-state index contributed by atoms with van der Waals surface area (Å²) in [5, 5.41) is 3.28. The van der Waals surface area contributed by atoms with Gasteiger partial charge in [-0.3, -0.25) is 4.72 Å². The molecule has 0 radical (unpaired) electrons. The van der Waals surface area contributed by atoms with Crippen molar-refractivity contribution in [3.05, 3.63) is 58.6 Å². The predicted molar refractivity (Wildman–Crippen MR) is 86.4 cm³/mol. The Labute approximate surface area is 127 Å². The van der Waals surface area contributed by atoms with Crippen LogP contribution in [0.1, 0.15) is 5.56 Å². The van der Waals surface area contributed by atoms with Crippen LogP contribution in [0.15, 0.2) is 53.0 Å². The number of benzene rings is 2. The molecule has 6 heteroatoms. The average molecular weight is 355 g/mol. The molecule has 0 saturated carbocycles. The zero-order valence-corrected chi connectivity index (χ0v) is 13.3. The van der Waals surface area contributed by atoms with Crippen LogP contribution in [-0.2, 0) is 16.6 Å². The largest absolute Gasteiger partial charge is 0.381 e. The number of nitrogens with one attached hydrogen (secondary N) is 2. The first kappa shape index (κ1) is 14.9. The number of sulfonamides is 1. The van der Waals surface area contributed by atoms with Crippen molar-refractivity contribution < 1.29 is 8.42 Å². The molecule has 0 heterocycles. The molecule has 2 aromatic carbocycles. The number of rotatable bonds is 5. The van der Waals surface area contributed by atoms with Crippen molar-refractivity contribution in [3.8, 4) is 0 Å². The summed E-state index contributed by atoms with van der Waals surface area (Å²) in [6, 6.07) is 15.1. The van der Waals surface area contributed by atoms with E-state index in [0.717, 1.165) is 22.0 Å². The van der Waals surface area contributed by atoms with Gasteiger partial charge in [0.1, 0.15) is 0 Å². The standard InChI is InChI=1S/C14H15BrN2O2S/c1-20(18,19)17-13-8-6-12(7-9-13)16-10-11-4-2-3-5-14(11)15/h2-9,16-17H,10H2,1H3. The fourth-order valence-corrected chi connectivity index (χ4v) is 2.70. The Morgan fingerprint density at radius 1 is 1.00 bits per heavy atom. The van der Waals surface area contributed by atoms with Gasteiger partial charge < -0.3 is 5.32 Å². The molecule has 0 aliphatic carbocycles. The molecule has 2 N–H and O–H groups in total. The lowest BCUT2D eigenvalue weighted by atomic mass is 10.2. The van der Waals surface area contributed by atoms with Crippen LogP contribution >= 0.6 is 15.9 Å². The summed E-state index contributed by atoms with van der Waals surface area (Å²) in [6.45, 7) is 0.695. The van der Waals surface area contributed by atoms with Crippen LogP contribution in [0.5, 0.6) is 0 Å². The molecule has 0 aliphatic heterocycles. The van der Waals surface area contributed by atoms with E-state index in [2.05, 4.69) is 26.0 Å². The van der Waals surface area contributed by atoms with Crippen LogP contribution in [0.2, 0.25) is 0 Å². The summed E-state index contributed by atoms with van der Waals surface area (Å²) in [5.74, 6) is 0. The van der Waals surface area contributed by atoms with Crippen molar-refractivity contribution in [2.45, 2.75) is 6.54 Å². The molecular weight excluding hydrogens is 340 g/mol. The SMILES string of the molecule is CS(=O)(=O)Nc1ccc(NCc2ccccc2Br)cc1. The van der Waals surface area contributed by atoms with Gasteiger partial charge >= 0.3 is 0 Å². The van der Waals surface area contributed by atoms with Gasteiger partial charge in [0.2, 0.25) is 10.0 Å². The smallest absolute Gasteiger partial charge is 0.229 e. The Morgan fingerprint density at radius 3 is 2.20 bits per heavy atom. The van der Waals surface area contributed by atoms with Crippen molar-refractivity contribution in [2.24, 2.45) is 0 Å². The molecule has 0 spiro atoms. The van der Waals surface area contributed by atoms with Gasteiger partial charge in [-0.1, -0.05) is 34.1 Å². The molecule has 0 amide bonds. The molecule has 0 atom stereocenters. The van der Waals surface area contributed by atoms with Crippen LogP contribution in [0.25, 0.3) is 0 Å². The summed E-state index contributed by atoms with van der Waals surface area (Å²) >= 11 is 3.50. The van der Waals surface area contributed by atoms with Crippen molar-refractivity contribution >= 4 is 37.3 Å². The summed E-state index contributed by atoms with van der Waals surface area (Å²) < 4.78 is 25.7. The van der Waals surface area contributed by atoms with Crippen molar-refractivity contribution in [2.75, 3.05) is 16.3 Å². The Morgan fingerprint density at radius 2 is 1.60 bits per heavy atom. The van der Waals surface area contributed by atoms with Gasteiger partial charge in [0.25, 0.3) is 0 Å². The first-order chi connectivity index (χ1) is 9.44. The highest BCUT2D eigenvalue weighted by Crippen LogP contribution is 2.19. The Hall–Kier alpha value is -1.53. The van der Waals surface area contributed by atoms with E-state index in [4.69, 9.17) is 0 Å². The monoisotopic (exact) mass is 354 g/mol. The molecule has 4 nitrogen and oxygen atoms in total. The molecule has 0 saturated heterocycles. The Balaban J connectivity index is 1.99. The summed E-state index contributed by atoms with van der Waals surface area (Å²) in [6.07, 6.45) is 1.13. The Kier molecular flexibility index (Phi) is 4.67. The fourth-order valence-electron chi connectivity index (χ4n) is 1.71. The number of halogens is 1. The Bertz CT molecular complexity index is 685. The van der Waals surface area contributed by atoms with E-state index in [1.165, 1.54) is 0 Å². The van der Waals surface area contributed by atoms with Gasteiger partial charge in [0.05, 0.1) is 6.26 Å². The third-order valence-corrected chi connectivity index (χ3v) is 4.01. The van der Waals surface area contributed by atoms with Gasteiger partial charge in [0.15, 0.2) is 0 Å². The molecule has 0 aromatic heterocycles. The van der Waals surface area contributed by atoms with Crippen molar-refractivity contribution in [3.63, 3.8) is 0 Å². The normalized spacial score (nSPS) is 11.1. The summed E-state index contributed by atoms with van der Waals surface area (Å²) in [5.41, 5.74) is 2.64. The third kappa shape index (κ3) is 4.54.